The number of hydrogen-bond acceptors (Lipinski definition) is 4. The zero-order valence-electron chi connectivity index (χ0n) is 15.1. The molecule has 1 aromatic carbocycles. The lowest BCUT2D eigenvalue weighted by Gasteiger charge is -2.33. The SMILES string of the molecule is CCOC(=O)c1ccc(NC(=O)C(C)(C)C(=O)N2CCCCC2)cc1. The van der Waals surface area contributed by atoms with E-state index in [-0.39, 0.29) is 11.8 Å². The molecule has 6 heteroatoms. The van der Waals surface area contributed by atoms with Crippen molar-refractivity contribution in [2.24, 2.45) is 5.41 Å². The number of nitrogens with one attached hydrogen (secondary N) is 1. The summed E-state index contributed by atoms with van der Waals surface area (Å²) in [5, 5.41) is 2.76. The Balaban J connectivity index is 2.02. The van der Waals surface area contributed by atoms with Crippen LogP contribution in [0.3, 0.4) is 0 Å². The van der Waals surface area contributed by atoms with Gasteiger partial charge in [0, 0.05) is 18.8 Å². The molecule has 1 fully saturated rings. The summed E-state index contributed by atoms with van der Waals surface area (Å²) in [6.45, 7) is 6.77. The summed E-state index contributed by atoms with van der Waals surface area (Å²) in [6, 6.07) is 6.44. The number of hydrogen-bond donors (Lipinski definition) is 1. The highest BCUT2D eigenvalue weighted by Crippen LogP contribution is 2.24. The summed E-state index contributed by atoms with van der Waals surface area (Å²) in [4.78, 5) is 38.7. The first-order valence-electron chi connectivity index (χ1n) is 8.74. The number of carbonyl (C=O) groups excluding carboxylic acids is 3. The number of benzene rings is 1. The molecule has 2 rings (SSSR count). The predicted octanol–water partition coefficient (Wildman–Crippen LogP) is 2.84. The van der Waals surface area contributed by atoms with Gasteiger partial charge in [-0.2, -0.15) is 0 Å². The number of nitrogens with zero attached hydrogens (tertiary/aromatic N) is 1. The molecule has 1 saturated heterocycles. The van der Waals surface area contributed by atoms with Gasteiger partial charge in [-0.15, -0.1) is 0 Å². The third-order valence-corrected chi connectivity index (χ3v) is 4.40. The van der Waals surface area contributed by atoms with E-state index in [9.17, 15) is 14.4 Å². The topological polar surface area (TPSA) is 75.7 Å². The van der Waals surface area contributed by atoms with E-state index < -0.39 is 11.4 Å². The van der Waals surface area contributed by atoms with Crippen LogP contribution in [0.1, 0.15) is 50.4 Å². The van der Waals surface area contributed by atoms with E-state index in [0.29, 0.717) is 30.9 Å². The largest absolute Gasteiger partial charge is 0.462 e. The Morgan fingerprint density at radius 2 is 1.68 bits per heavy atom. The zero-order valence-corrected chi connectivity index (χ0v) is 15.1. The van der Waals surface area contributed by atoms with Crippen molar-refractivity contribution in [3.8, 4) is 0 Å². The average molecular weight is 346 g/mol. The number of anilines is 1. The molecule has 0 spiro atoms. The molecule has 0 unspecified atom stereocenters. The molecule has 136 valence electrons. The van der Waals surface area contributed by atoms with Gasteiger partial charge in [0.25, 0.3) is 0 Å². The van der Waals surface area contributed by atoms with Crippen molar-refractivity contribution in [2.45, 2.75) is 40.0 Å². The number of likely N-dealkylation sites (tertiary alicyclic amines) is 1. The Morgan fingerprint density at radius 1 is 1.08 bits per heavy atom. The van der Waals surface area contributed by atoms with Crippen molar-refractivity contribution in [1.29, 1.82) is 0 Å². The van der Waals surface area contributed by atoms with Crippen LogP contribution in [0.25, 0.3) is 0 Å². The first-order valence-corrected chi connectivity index (χ1v) is 8.74. The number of rotatable bonds is 5. The summed E-state index contributed by atoms with van der Waals surface area (Å²) >= 11 is 0. The summed E-state index contributed by atoms with van der Waals surface area (Å²) in [5.74, 6) is -0.902. The van der Waals surface area contributed by atoms with Crippen LogP contribution in [0.15, 0.2) is 24.3 Å². The Morgan fingerprint density at radius 3 is 2.24 bits per heavy atom. The molecule has 1 heterocycles. The molecule has 0 aliphatic carbocycles. The van der Waals surface area contributed by atoms with Crippen LogP contribution in [-0.4, -0.2) is 42.4 Å². The fourth-order valence-corrected chi connectivity index (χ4v) is 2.78. The second-order valence-electron chi connectivity index (χ2n) is 6.73. The van der Waals surface area contributed by atoms with E-state index in [1.165, 1.54) is 0 Å². The minimum absolute atomic E-state index is 0.146. The fourth-order valence-electron chi connectivity index (χ4n) is 2.78. The van der Waals surface area contributed by atoms with Gasteiger partial charge >= 0.3 is 5.97 Å². The van der Waals surface area contributed by atoms with Gasteiger partial charge in [0.15, 0.2) is 0 Å². The lowest BCUT2D eigenvalue weighted by molar-refractivity contribution is -0.147. The van der Waals surface area contributed by atoms with E-state index in [1.807, 2.05) is 0 Å². The van der Waals surface area contributed by atoms with Crippen LogP contribution in [-0.2, 0) is 14.3 Å². The first kappa shape index (κ1) is 19.0. The Labute approximate surface area is 148 Å². The van der Waals surface area contributed by atoms with Crippen LogP contribution in [0.4, 0.5) is 5.69 Å². The molecule has 0 saturated carbocycles. The van der Waals surface area contributed by atoms with Crippen molar-refractivity contribution < 1.29 is 19.1 Å². The molecule has 0 bridgehead atoms. The summed E-state index contributed by atoms with van der Waals surface area (Å²) < 4.78 is 4.93. The van der Waals surface area contributed by atoms with Gasteiger partial charge in [0.1, 0.15) is 5.41 Å². The number of piperidine rings is 1. The van der Waals surface area contributed by atoms with Crippen molar-refractivity contribution in [3.05, 3.63) is 29.8 Å². The van der Waals surface area contributed by atoms with E-state index in [2.05, 4.69) is 5.32 Å². The molecule has 6 nitrogen and oxygen atoms in total. The van der Waals surface area contributed by atoms with Crippen LogP contribution in [0.5, 0.6) is 0 Å². The maximum absolute atomic E-state index is 12.7. The third-order valence-electron chi connectivity index (χ3n) is 4.40. The van der Waals surface area contributed by atoms with E-state index in [0.717, 1.165) is 19.3 Å². The second-order valence-corrected chi connectivity index (χ2v) is 6.73. The molecule has 25 heavy (non-hydrogen) atoms. The van der Waals surface area contributed by atoms with E-state index in [4.69, 9.17) is 4.74 Å². The molecule has 1 aliphatic rings. The molecule has 0 radical (unpaired) electrons. The van der Waals surface area contributed by atoms with Crippen molar-refractivity contribution >= 4 is 23.5 Å². The number of ether oxygens (including phenoxy) is 1. The van der Waals surface area contributed by atoms with Gasteiger partial charge in [-0.05, 0) is 64.3 Å². The molecule has 2 amide bonds. The van der Waals surface area contributed by atoms with Crippen LogP contribution in [0.2, 0.25) is 0 Å². The van der Waals surface area contributed by atoms with Crippen LogP contribution < -0.4 is 5.32 Å². The van der Waals surface area contributed by atoms with Gasteiger partial charge in [0.05, 0.1) is 12.2 Å². The average Bonchev–Trinajstić information content (AvgIpc) is 2.62. The number of esters is 1. The molecular formula is C19H26N2O4. The molecular weight excluding hydrogens is 320 g/mol. The van der Waals surface area contributed by atoms with Gasteiger partial charge in [0.2, 0.25) is 11.8 Å². The highest BCUT2D eigenvalue weighted by molar-refractivity contribution is 6.10. The maximum atomic E-state index is 12.7. The van der Waals surface area contributed by atoms with E-state index in [1.54, 1.807) is 49.9 Å². The van der Waals surface area contributed by atoms with Crippen LogP contribution >= 0.6 is 0 Å². The molecule has 1 N–H and O–H groups in total. The Bertz CT molecular complexity index is 631. The lowest BCUT2D eigenvalue weighted by Crippen LogP contribution is -2.48. The minimum Gasteiger partial charge on any atom is -0.462 e. The minimum atomic E-state index is -1.14. The van der Waals surface area contributed by atoms with Gasteiger partial charge < -0.3 is 15.0 Å². The summed E-state index contributed by atoms with van der Waals surface area (Å²) in [7, 11) is 0. The molecule has 1 aromatic rings. The van der Waals surface area contributed by atoms with Crippen molar-refractivity contribution in [1.82, 2.24) is 4.90 Å². The third kappa shape index (κ3) is 4.59. The highest BCUT2D eigenvalue weighted by Gasteiger charge is 2.39. The quantitative estimate of drug-likeness (QED) is 0.657. The second kappa shape index (κ2) is 8.14. The van der Waals surface area contributed by atoms with Crippen molar-refractivity contribution in [3.63, 3.8) is 0 Å². The standard InChI is InChI=1S/C19H26N2O4/c1-4-25-16(22)14-8-10-15(11-9-14)20-17(23)19(2,3)18(24)21-12-6-5-7-13-21/h8-11H,4-7,12-13H2,1-3H3,(H,20,23). The monoisotopic (exact) mass is 346 g/mol. The normalized spacial score (nSPS) is 14.8. The lowest BCUT2D eigenvalue weighted by atomic mass is 9.89. The Hall–Kier alpha value is -2.37. The smallest absolute Gasteiger partial charge is 0.338 e. The number of amides is 2. The Kier molecular flexibility index (Phi) is 6.17. The molecule has 0 atom stereocenters. The summed E-state index contributed by atoms with van der Waals surface area (Å²) in [6.07, 6.45) is 3.10. The highest BCUT2D eigenvalue weighted by atomic mass is 16.5. The predicted molar refractivity (Wildman–Crippen MR) is 95.2 cm³/mol. The van der Waals surface area contributed by atoms with Gasteiger partial charge in [-0.1, -0.05) is 0 Å². The molecule has 1 aliphatic heterocycles. The summed E-state index contributed by atoms with van der Waals surface area (Å²) in [5.41, 5.74) is -0.182. The van der Waals surface area contributed by atoms with Gasteiger partial charge in [-0.3, -0.25) is 9.59 Å². The fraction of sp³-hybridized carbons (Fsp3) is 0.526. The zero-order chi connectivity index (χ0) is 18.4. The van der Waals surface area contributed by atoms with Crippen molar-refractivity contribution in [2.75, 3.05) is 25.0 Å². The van der Waals surface area contributed by atoms with Gasteiger partial charge in [-0.25, -0.2) is 4.79 Å². The number of carbonyl (C=O) groups is 3. The van der Waals surface area contributed by atoms with E-state index >= 15 is 0 Å². The first-order chi connectivity index (χ1) is 11.9. The molecule has 0 aromatic heterocycles. The van der Waals surface area contributed by atoms with Crippen LogP contribution in [0, 0.1) is 5.41 Å². The maximum Gasteiger partial charge on any atom is 0.338 e.